The van der Waals surface area contributed by atoms with Crippen LogP contribution < -0.4 is 5.32 Å². The van der Waals surface area contributed by atoms with E-state index in [9.17, 15) is 14.4 Å². The lowest BCUT2D eigenvalue weighted by Crippen LogP contribution is -2.34. The maximum Gasteiger partial charge on any atom is 0.335 e. The molecule has 0 saturated carbocycles. The van der Waals surface area contributed by atoms with Crippen LogP contribution in [0, 0.1) is 13.8 Å². The monoisotopic (exact) mass is 370 g/mol. The lowest BCUT2D eigenvalue weighted by molar-refractivity contribution is -0.126. The summed E-state index contributed by atoms with van der Waals surface area (Å²) in [5, 5.41) is 11.1. The molecule has 1 atom stereocenters. The van der Waals surface area contributed by atoms with Gasteiger partial charge < -0.3 is 10.4 Å². The van der Waals surface area contributed by atoms with Gasteiger partial charge in [0, 0.05) is 5.69 Å². The molecular formula is C19H18N2O4S. The molecule has 1 unspecified atom stereocenters. The Balaban J connectivity index is 1.71. The van der Waals surface area contributed by atoms with E-state index in [0.29, 0.717) is 5.56 Å². The highest BCUT2D eigenvalue weighted by Crippen LogP contribution is 2.30. The summed E-state index contributed by atoms with van der Waals surface area (Å²) in [7, 11) is 0. The molecule has 3 rings (SSSR count). The van der Waals surface area contributed by atoms with Crippen LogP contribution in [0.4, 0.5) is 10.5 Å². The molecule has 1 aliphatic heterocycles. The van der Waals surface area contributed by atoms with Crippen molar-refractivity contribution in [3.63, 3.8) is 0 Å². The van der Waals surface area contributed by atoms with Gasteiger partial charge in [0.05, 0.1) is 12.1 Å². The van der Waals surface area contributed by atoms with E-state index in [1.807, 2.05) is 32.0 Å². The summed E-state index contributed by atoms with van der Waals surface area (Å²) in [6.45, 7) is 4.06. The molecule has 1 saturated heterocycles. The van der Waals surface area contributed by atoms with Gasteiger partial charge in [0.15, 0.2) is 5.37 Å². The number of carbonyl (C=O) groups excluding carboxylic acids is 2. The van der Waals surface area contributed by atoms with Crippen molar-refractivity contribution in [2.45, 2.75) is 25.8 Å². The van der Waals surface area contributed by atoms with Crippen molar-refractivity contribution in [2.75, 3.05) is 5.32 Å². The number of carboxylic acids is 1. The molecule has 26 heavy (non-hydrogen) atoms. The van der Waals surface area contributed by atoms with Gasteiger partial charge in [0.25, 0.3) is 11.1 Å². The summed E-state index contributed by atoms with van der Waals surface area (Å²) in [6, 6.07) is 12.0. The Morgan fingerprint density at radius 1 is 1.15 bits per heavy atom. The van der Waals surface area contributed by atoms with Crippen LogP contribution in [0.5, 0.6) is 0 Å². The summed E-state index contributed by atoms with van der Waals surface area (Å²) >= 11 is 0.949. The molecule has 1 fully saturated rings. The number of aromatic carboxylic acids is 1. The normalized spacial score (nSPS) is 16.8. The Bertz CT molecular complexity index is 880. The number of imide groups is 1. The summed E-state index contributed by atoms with van der Waals surface area (Å²) < 4.78 is 0. The molecule has 6 nitrogen and oxygen atoms in total. The highest BCUT2D eigenvalue weighted by atomic mass is 32.2. The predicted octanol–water partition coefficient (Wildman–Crippen LogP) is 3.64. The van der Waals surface area contributed by atoms with Crippen molar-refractivity contribution in [3.8, 4) is 0 Å². The SMILES string of the molecule is Cc1ccc(NC2SC(=O)N(Cc3ccc(C(=O)O)cc3)C2=O)c(C)c1. The van der Waals surface area contributed by atoms with Crippen molar-refractivity contribution in [2.24, 2.45) is 0 Å². The number of anilines is 1. The highest BCUT2D eigenvalue weighted by Gasteiger charge is 2.39. The second-order valence-corrected chi connectivity index (χ2v) is 7.21. The van der Waals surface area contributed by atoms with E-state index in [4.69, 9.17) is 5.11 Å². The minimum absolute atomic E-state index is 0.121. The summed E-state index contributed by atoms with van der Waals surface area (Å²) in [6.07, 6.45) is 0. The molecule has 0 bridgehead atoms. The van der Waals surface area contributed by atoms with Crippen LogP contribution in [0.15, 0.2) is 42.5 Å². The third-order valence-corrected chi connectivity index (χ3v) is 5.12. The predicted molar refractivity (Wildman–Crippen MR) is 100 cm³/mol. The Morgan fingerprint density at radius 2 is 1.85 bits per heavy atom. The van der Waals surface area contributed by atoms with Crippen LogP contribution in [0.2, 0.25) is 0 Å². The molecule has 2 amide bonds. The van der Waals surface area contributed by atoms with E-state index in [0.717, 1.165) is 28.6 Å². The number of hydrogen-bond donors (Lipinski definition) is 2. The molecule has 0 aromatic heterocycles. The number of carboxylic acid groups (broad SMARTS) is 1. The first-order chi connectivity index (χ1) is 12.3. The maximum absolute atomic E-state index is 12.6. The smallest absolute Gasteiger partial charge is 0.335 e. The first-order valence-electron chi connectivity index (χ1n) is 8.03. The Morgan fingerprint density at radius 3 is 2.46 bits per heavy atom. The van der Waals surface area contributed by atoms with Gasteiger partial charge in [-0.25, -0.2) is 4.79 Å². The maximum atomic E-state index is 12.6. The second-order valence-electron chi connectivity index (χ2n) is 6.15. The number of aryl methyl sites for hydroxylation is 2. The van der Waals surface area contributed by atoms with Crippen LogP contribution in [-0.4, -0.2) is 32.5 Å². The Hall–Kier alpha value is -2.80. The number of carbonyl (C=O) groups is 3. The van der Waals surface area contributed by atoms with Crippen molar-refractivity contribution >= 4 is 34.6 Å². The molecule has 134 valence electrons. The number of rotatable bonds is 5. The van der Waals surface area contributed by atoms with Crippen LogP contribution in [-0.2, 0) is 11.3 Å². The van der Waals surface area contributed by atoms with Gasteiger partial charge in [-0.15, -0.1) is 0 Å². The zero-order valence-electron chi connectivity index (χ0n) is 14.4. The molecule has 2 aromatic rings. The number of hydrogen-bond acceptors (Lipinski definition) is 5. The largest absolute Gasteiger partial charge is 0.478 e. The summed E-state index contributed by atoms with van der Waals surface area (Å²) in [4.78, 5) is 36.9. The van der Waals surface area contributed by atoms with Crippen LogP contribution in [0.1, 0.15) is 27.0 Å². The third-order valence-electron chi connectivity index (χ3n) is 4.14. The third kappa shape index (κ3) is 3.72. The standard InChI is InChI=1S/C19H18N2O4S/c1-11-3-8-15(12(2)9-11)20-16-17(22)21(19(25)26-16)10-13-4-6-14(7-5-13)18(23)24/h3-9,16,20H,10H2,1-2H3,(H,23,24). The Kier molecular flexibility index (Phi) is 4.99. The van der Waals surface area contributed by atoms with Gasteiger partial charge >= 0.3 is 5.97 Å². The molecule has 0 radical (unpaired) electrons. The Labute approximate surface area is 155 Å². The van der Waals surface area contributed by atoms with E-state index >= 15 is 0 Å². The van der Waals surface area contributed by atoms with Crippen molar-refractivity contribution in [3.05, 3.63) is 64.7 Å². The molecule has 1 aliphatic rings. The van der Waals surface area contributed by atoms with E-state index < -0.39 is 11.3 Å². The molecule has 7 heteroatoms. The average Bonchev–Trinajstić information content (AvgIpc) is 2.85. The number of nitrogens with zero attached hydrogens (tertiary/aromatic N) is 1. The highest BCUT2D eigenvalue weighted by molar-refractivity contribution is 8.15. The summed E-state index contributed by atoms with van der Waals surface area (Å²) in [5.41, 5.74) is 3.82. The molecule has 1 heterocycles. The quantitative estimate of drug-likeness (QED) is 0.836. The van der Waals surface area contributed by atoms with Crippen LogP contribution >= 0.6 is 11.8 Å². The van der Waals surface area contributed by atoms with E-state index in [1.165, 1.54) is 17.0 Å². The fourth-order valence-corrected chi connectivity index (χ4v) is 3.63. The van der Waals surface area contributed by atoms with Gasteiger partial charge in [0.2, 0.25) is 0 Å². The van der Waals surface area contributed by atoms with Crippen LogP contribution in [0.3, 0.4) is 0 Å². The number of nitrogens with one attached hydrogen (secondary N) is 1. The van der Waals surface area contributed by atoms with Gasteiger partial charge in [-0.1, -0.05) is 29.8 Å². The second kappa shape index (κ2) is 7.21. The zero-order valence-corrected chi connectivity index (χ0v) is 15.2. The number of amides is 2. The fourth-order valence-electron chi connectivity index (χ4n) is 2.73. The number of benzene rings is 2. The van der Waals surface area contributed by atoms with Gasteiger partial charge in [-0.05, 0) is 54.9 Å². The first-order valence-corrected chi connectivity index (χ1v) is 8.91. The van der Waals surface area contributed by atoms with Crippen molar-refractivity contribution in [1.82, 2.24) is 4.90 Å². The average molecular weight is 370 g/mol. The van der Waals surface area contributed by atoms with E-state index in [-0.39, 0.29) is 23.3 Å². The van der Waals surface area contributed by atoms with Gasteiger partial charge in [-0.2, -0.15) is 0 Å². The number of thioether (sulfide) groups is 1. The van der Waals surface area contributed by atoms with E-state index in [2.05, 4.69) is 5.32 Å². The molecule has 2 N–H and O–H groups in total. The first kappa shape index (κ1) is 18.0. The van der Waals surface area contributed by atoms with Gasteiger partial charge in [-0.3, -0.25) is 14.5 Å². The fraction of sp³-hybridized carbons (Fsp3) is 0.211. The molecule has 2 aromatic carbocycles. The molecular weight excluding hydrogens is 352 g/mol. The zero-order chi connectivity index (χ0) is 18.8. The lowest BCUT2D eigenvalue weighted by Gasteiger charge is -2.16. The minimum Gasteiger partial charge on any atom is -0.478 e. The lowest BCUT2D eigenvalue weighted by atomic mass is 10.1. The van der Waals surface area contributed by atoms with Crippen molar-refractivity contribution < 1.29 is 19.5 Å². The van der Waals surface area contributed by atoms with E-state index in [1.54, 1.807) is 12.1 Å². The molecule has 0 spiro atoms. The summed E-state index contributed by atoms with van der Waals surface area (Å²) in [5.74, 6) is -1.32. The molecule has 0 aliphatic carbocycles. The topological polar surface area (TPSA) is 86.7 Å². The van der Waals surface area contributed by atoms with Crippen molar-refractivity contribution in [1.29, 1.82) is 0 Å². The van der Waals surface area contributed by atoms with Crippen LogP contribution in [0.25, 0.3) is 0 Å². The van der Waals surface area contributed by atoms with Gasteiger partial charge in [0.1, 0.15) is 0 Å². The minimum atomic E-state index is -1.02.